The number of hydrogen-bond acceptors (Lipinski definition) is 3. The lowest BCUT2D eigenvalue weighted by atomic mass is 10.1. The van der Waals surface area contributed by atoms with Gasteiger partial charge < -0.3 is 0 Å². The molecule has 0 aliphatic carbocycles. The second-order valence-corrected chi connectivity index (χ2v) is 5.04. The van der Waals surface area contributed by atoms with E-state index in [4.69, 9.17) is 0 Å². The lowest BCUT2D eigenvalue weighted by Gasteiger charge is -2.08. The molecular formula is C14H26N4O. The summed E-state index contributed by atoms with van der Waals surface area (Å²) in [6, 6.07) is 0. The number of unbranched alkanes of at least 4 members (excludes halogenated alkanes) is 6. The highest BCUT2D eigenvalue weighted by molar-refractivity contribution is 5.83. The van der Waals surface area contributed by atoms with Gasteiger partial charge in [-0.05, 0) is 20.3 Å². The van der Waals surface area contributed by atoms with E-state index < -0.39 is 0 Å². The number of amides is 1. The van der Waals surface area contributed by atoms with E-state index in [0.717, 1.165) is 12.8 Å². The van der Waals surface area contributed by atoms with Gasteiger partial charge in [0, 0.05) is 6.42 Å². The molecule has 1 aromatic rings. The van der Waals surface area contributed by atoms with Crippen molar-refractivity contribution in [3.63, 3.8) is 0 Å². The Morgan fingerprint density at radius 1 is 1.00 bits per heavy atom. The van der Waals surface area contributed by atoms with E-state index in [1.807, 2.05) is 13.8 Å². The number of aryl methyl sites for hydroxylation is 2. The number of nitrogens with zero attached hydrogens (tertiary/aromatic N) is 3. The predicted octanol–water partition coefficient (Wildman–Crippen LogP) is 3.11. The molecule has 19 heavy (non-hydrogen) atoms. The Morgan fingerprint density at radius 3 is 2.11 bits per heavy atom. The summed E-state index contributed by atoms with van der Waals surface area (Å²) in [6.45, 7) is 5.88. The molecule has 1 amide bonds. The fourth-order valence-corrected chi connectivity index (χ4v) is 2.05. The number of aromatic nitrogens is 3. The second-order valence-electron chi connectivity index (χ2n) is 5.04. The van der Waals surface area contributed by atoms with Crippen LogP contribution >= 0.6 is 0 Å². The molecule has 0 aliphatic heterocycles. The van der Waals surface area contributed by atoms with Crippen LogP contribution in [0.5, 0.6) is 0 Å². The van der Waals surface area contributed by atoms with E-state index >= 15 is 0 Å². The number of rotatable bonds is 9. The van der Waals surface area contributed by atoms with Gasteiger partial charge in [0.1, 0.15) is 11.6 Å². The molecule has 5 nitrogen and oxygen atoms in total. The van der Waals surface area contributed by atoms with Crippen LogP contribution in [0.1, 0.15) is 69.9 Å². The number of hydrogen-bond donors (Lipinski definition) is 1. The lowest BCUT2D eigenvalue weighted by molar-refractivity contribution is -0.117. The maximum Gasteiger partial charge on any atom is 0.238 e. The lowest BCUT2D eigenvalue weighted by Crippen LogP contribution is -2.24. The van der Waals surface area contributed by atoms with E-state index in [1.54, 1.807) is 4.68 Å². The summed E-state index contributed by atoms with van der Waals surface area (Å²) in [6.07, 6.45) is 9.12. The van der Waals surface area contributed by atoms with E-state index in [2.05, 4.69) is 22.5 Å². The zero-order valence-electron chi connectivity index (χ0n) is 12.4. The number of carbonyl (C=O) groups is 1. The van der Waals surface area contributed by atoms with Crippen molar-refractivity contribution in [3.05, 3.63) is 11.6 Å². The maximum atomic E-state index is 11.8. The maximum absolute atomic E-state index is 11.8. The molecule has 0 aliphatic rings. The number of nitrogens with one attached hydrogen (secondary N) is 1. The van der Waals surface area contributed by atoms with Crippen molar-refractivity contribution in [2.45, 2.75) is 72.1 Å². The van der Waals surface area contributed by atoms with Crippen LogP contribution in [0.15, 0.2) is 0 Å². The van der Waals surface area contributed by atoms with Crippen LogP contribution in [0.4, 0.5) is 0 Å². The first-order valence-corrected chi connectivity index (χ1v) is 7.33. The van der Waals surface area contributed by atoms with Crippen molar-refractivity contribution < 1.29 is 4.79 Å². The zero-order valence-corrected chi connectivity index (χ0v) is 12.4. The Labute approximate surface area is 115 Å². The van der Waals surface area contributed by atoms with Gasteiger partial charge in [0.25, 0.3) is 0 Å². The summed E-state index contributed by atoms with van der Waals surface area (Å²) in [7, 11) is 0. The molecule has 0 fully saturated rings. The Hall–Kier alpha value is -1.39. The monoisotopic (exact) mass is 266 g/mol. The quantitative estimate of drug-likeness (QED) is 0.699. The molecule has 0 aromatic carbocycles. The molecule has 1 rings (SSSR count). The van der Waals surface area contributed by atoms with Crippen molar-refractivity contribution >= 4 is 5.91 Å². The normalized spacial score (nSPS) is 10.7. The van der Waals surface area contributed by atoms with Crippen LogP contribution in [0.2, 0.25) is 0 Å². The molecule has 0 atom stereocenters. The van der Waals surface area contributed by atoms with Gasteiger partial charge in [0.2, 0.25) is 5.91 Å². The Bertz CT molecular complexity index is 367. The molecule has 1 N–H and O–H groups in total. The third kappa shape index (κ3) is 5.85. The van der Waals surface area contributed by atoms with Crippen LogP contribution in [0, 0.1) is 13.8 Å². The summed E-state index contributed by atoms with van der Waals surface area (Å²) in [5, 5.41) is 7.81. The van der Waals surface area contributed by atoms with Crippen molar-refractivity contribution in [1.29, 1.82) is 0 Å². The molecule has 0 bridgehead atoms. The summed E-state index contributed by atoms with van der Waals surface area (Å²) >= 11 is 0. The predicted molar refractivity (Wildman–Crippen MR) is 76.5 cm³/mol. The first kappa shape index (κ1) is 15.7. The molecule has 0 saturated carbocycles. The van der Waals surface area contributed by atoms with Crippen LogP contribution < -0.4 is 5.43 Å². The highest BCUT2D eigenvalue weighted by Gasteiger charge is 2.07. The minimum absolute atomic E-state index is 0.0413. The van der Waals surface area contributed by atoms with Crippen LogP contribution in [-0.2, 0) is 4.79 Å². The summed E-state index contributed by atoms with van der Waals surface area (Å²) < 4.78 is 1.64. The van der Waals surface area contributed by atoms with Crippen LogP contribution in [0.25, 0.3) is 0 Å². The fraction of sp³-hybridized carbons (Fsp3) is 0.786. The van der Waals surface area contributed by atoms with E-state index in [-0.39, 0.29) is 5.91 Å². The van der Waals surface area contributed by atoms with Gasteiger partial charge in [0.05, 0.1) is 0 Å². The van der Waals surface area contributed by atoms with Gasteiger partial charge in [-0.25, -0.2) is 4.68 Å². The van der Waals surface area contributed by atoms with Gasteiger partial charge in [-0.15, -0.1) is 10.2 Å². The first-order chi connectivity index (χ1) is 9.15. The Morgan fingerprint density at radius 2 is 1.53 bits per heavy atom. The van der Waals surface area contributed by atoms with Crippen LogP contribution in [0.3, 0.4) is 0 Å². The summed E-state index contributed by atoms with van der Waals surface area (Å²) in [5.74, 6) is 1.47. The smallest absolute Gasteiger partial charge is 0.238 e. The average Bonchev–Trinajstić information content (AvgIpc) is 2.69. The molecule has 0 spiro atoms. The van der Waals surface area contributed by atoms with Crippen molar-refractivity contribution in [3.8, 4) is 0 Å². The summed E-state index contributed by atoms with van der Waals surface area (Å²) in [5.41, 5.74) is 2.82. The van der Waals surface area contributed by atoms with Gasteiger partial charge in [-0.2, -0.15) is 0 Å². The molecule has 1 heterocycles. The highest BCUT2D eigenvalue weighted by atomic mass is 16.2. The fourth-order valence-electron chi connectivity index (χ4n) is 2.05. The third-order valence-corrected chi connectivity index (χ3v) is 3.23. The van der Waals surface area contributed by atoms with Crippen molar-refractivity contribution in [2.75, 3.05) is 5.43 Å². The highest BCUT2D eigenvalue weighted by Crippen LogP contribution is 2.08. The Kier molecular flexibility index (Phi) is 7.15. The van der Waals surface area contributed by atoms with Crippen LogP contribution in [-0.4, -0.2) is 20.8 Å². The van der Waals surface area contributed by atoms with Gasteiger partial charge >= 0.3 is 0 Å². The molecular weight excluding hydrogens is 240 g/mol. The zero-order chi connectivity index (χ0) is 14.1. The minimum Gasteiger partial charge on any atom is -0.273 e. The third-order valence-electron chi connectivity index (χ3n) is 3.23. The van der Waals surface area contributed by atoms with Gasteiger partial charge in [0.15, 0.2) is 0 Å². The summed E-state index contributed by atoms with van der Waals surface area (Å²) in [4.78, 5) is 11.8. The SMILES string of the molecule is CCCCCCCCCC(=O)Nn1c(C)nnc1C. The van der Waals surface area contributed by atoms with E-state index in [9.17, 15) is 4.79 Å². The molecule has 1 aromatic heterocycles. The largest absolute Gasteiger partial charge is 0.273 e. The van der Waals surface area contributed by atoms with Gasteiger partial charge in [-0.1, -0.05) is 45.4 Å². The average molecular weight is 266 g/mol. The molecule has 0 radical (unpaired) electrons. The molecule has 0 saturated heterocycles. The first-order valence-electron chi connectivity index (χ1n) is 7.33. The molecule has 108 valence electrons. The molecule has 0 unspecified atom stereocenters. The standard InChI is InChI=1S/C14H26N4O/c1-4-5-6-7-8-9-10-11-14(19)17-18-12(2)15-16-13(18)3/h4-11H2,1-3H3,(H,17,19). The minimum atomic E-state index is 0.0413. The van der Waals surface area contributed by atoms with E-state index in [1.165, 1.54) is 32.1 Å². The van der Waals surface area contributed by atoms with Crippen molar-refractivity contribution in [1.82, 2.24) is 14.9 Å². The van der Waals surface area contributed by atoms with Crippen molar-refractivity contribution in [2.24, 2.45) is 0 Å². The second kappa shape index (κ2) is 8.67. The molecule has 5 heteroatoms. The van der Waals surface area contributed by atoms with E-state index in [0.29, 0.717) is 18.1 Å². The topological polar surface area (TPSA) is 59.8 Å². The number of carbonyl (C=O) groups excluding carboxylic acids is 1. The Balaban J connectivity index is 2.12. The van der Waals surface area contributed by atoms with Gasteiger partial charge in [-0.3, -0.25) is 10.2 Å².